The molecule has 0 spiro atoms. The molecule has 0 amide bonds. The molecule has 4 aromatic rings. The van der Waals surface area contributed by atoms with Crippen molar-refractivity contribution in [2.24, 2.45) is 0 Å². The summed E-state index contributed by atoms with van der Waals surface area (Å²) in [4.78, 5) is 2.33. The minimum Gasteiger partial charge on any atom is -0.384 e. The van der Waals surface area contributed by atoms with Gasteiger partial charge in [0.25, 0.3) is 0 Å². The van der Waals surface area contributed by atoms with E-state index in [1.807, 2.05) is 0 Å². The van der Waals surface area contributed by atoms with Gasteiger partial charge in [-0.1, -0.05) is 73.7 Å². The van der Waals surface area contributed by atoms with Crippen molar-refractivity contribution in [3.8, 4) is 0 Å². The van der Waals surface area contributed by atoms with Gasteiger partial charge in [-0.3, -0.25) is 0 Å². The molecule has 2 nitrogen and oxygen atoms in total. The van der Waals surface area contributed by atoms with Gasteiger partial charge in [-0.05, 0) is 41.3 Å². The Hall–Kier alpha value is -3.10. The van der Waals surface area contributed by atoms with Crippen LogP contribution in [0.4, 0.5) is 17.1 Å². The van der Waals surface area contributed by atoms with Gasteiger partial charge in [0.2, 0.25) is 0 Å². The van der Waals surface area contributed by atoms with Gasteiger partial charge in [-0.25, -0.2) is 0 Å². The van der Waals surface area contributed by atoms with Crippen LogP contribution in [0.15, 0.2) is 97.1 Å². The molecule has 0 heterocycles. The highest BCUT2D eigenvalue weighted by atomic mass is 16.5. The molecule has 0 aliphatic carbocycles. The Balaban J connectivity index is 1.83. The smallest absolute Gasteiger partial charge is 0.0540 e. The fourth-order valence-corrected chi connectivity index (χ4v) is 3.71. The van der Waals surface area contributed by atoms with Crippen molar-refractivity contribution in [2.75, 3.05) is 18.6 Å². The van der Waals surface area contributed by atoms with E-state index in [1.165, 1.54) is 22.0 Å². The zero-order valence-corrected chi connectivity index (χ0v) is 16.4. The van der Waals surface area contributed by atoms with Gasteiger partial charge in [-0.2, -0.15) is 0 Å². The number of hydrogen-bond acceptors (Lipinski definition) is 2. The number of ether oxygens (including phenoxy) is 1. The summed E-state index contributed by atoms with van der Waals surface area (Å²) in [6.07, 6.45) is 0. The van der Waals surface area contributed by atoms with Crippen LogP contribution in [-0.4, -0.2) is 13.7 Å². The van der Waals surface area contributed by atoms with E-state index >= 15 is 0 Å². The summed E-state index contributed by atoms with van der Waals surface area (Å²) in [7, 11) is 1.75. The molecule has 0 radical (unpaired) electrons. The third kappa shape index (κ3) is 3.64. The molecule has 28 heavy (non-hydrogen) atoms. The van der Waals surface area contributed by atoms with E-state index in [1.54, 1.807) is 7.11 Å². The first-order valence-corrected chi connectivity index (χ1v) is 9.70. The van der Waals surface area contributed by atoms with Crippen LogP contribution in [0.2, 0.25) is 0 Å². The average molecular weight is 367 g/mol. The maximum absolute atomic E-state index is 5.31. The lowest BCUT2D eigenvalue weighted by molar-refractivity contribution is 0.184. The maximum atomic E-state index is 5.31. The Morgan fingerprint density at radius 2 is 1.36 bits per heavy atom. The molecule has 1 atom stereocenters. The van der Waals surface area contributed by atoms with Crippen LogP contribution in [0.25, 0.3) is 10.8 Å². The number of fused-ring (bicyclic) bond motifs is 1. The molecular weight excluding hydrogens is 342 g/mol. The standard InChI is InChI=1S/C26H25NO/c1-20(19-28-2)21-15-17-24(18-16-21)27(23-11-4-3-5-12-23)26-14-8-10-22-9-6-7-13-25(22)26/h3-18,20H,19H2,1-2H3. The Kier molecular flexibility index (Phi) is 5.41. The highest BCUT2D eigenvalue weighted by Crippen LogP contribution is 2.38. The van der Waals surface area contributed by atoms with Crippen molar-refractivity contribution in [3.63, 3.8) is 0 Å². The van der Waals surface area contributed by atoms with E-state index in [9.17, 15) is 0 Å². The number of rotatable bonds is 6. The summed E-state index contributed by atoms with van der Waals surface area (Å²) in [5.74, 6) is 0.377. The molecule has 0 bridgehead atoms. The van der Waals surface area contributed by atoms with Gasteiger partial charge in [0.15, 0.2) is 0 Å². The lowest BCUT2D eigenvalue weighted by Crippen LogP contribution is -2.10. The average Bonchev–Trinajstić information content (AvgIpc) is 2.75. The first kappa shape index (κ1) is 18.3. The normalized spacial score (nSPS) is 12.1. The van der Waals surface area contributed by atoms with E-state index in [2.05, 4.69) is 109 Å². The molecule has 0 saturated carbocycles. The van der Waals surface area contributed by atoms with E-state index in [-0.39, 0.29) is 0 Å². The zero-order chi connectivity index (χ0) is 19.3. The Labute approximate surface area is 167 Å². The van der Waals surface area contributed by atoms with Crippen molar-refractivity contribution in [2.45, 2.75) is 12.8 Å². The van der Waals surface area contributed by atoms with Gasteiger partial charge >= 0.3 is 0 Å². The molecule has 0 fully saturated rings. The third-order valence-electron chi connectivity index (χ3n) is 5.16. The van der Waals surface area contributed by atoms with Crippen LogP contribution in [0.1, 0.15) is 18.4 Å². The first-order chi connectivity index (χ1) is 13.8. The van der Waals surface area contributed by atoms with E-state index < -0.39 is 0 Å². The zero-order valence-electron chi connectivity index (χ0n) is 16.4. The minimum atomic E-state index is 0.377. The predicted octanol–water partition coefficient (Wildman–Crippen LogP) is 7.06. The van der Waals surface area contributed by atoms with Crippen LogP contribution in [-0.2, 0) is 4.74 Å². The predicted molar refractivity (Wildman–Crippen MR) is 119 cm³/mol. The molecule has 0 aliphatic heterocycles. The molecular formula is C26H25NO. The number of benzene rings is 4. The number of methoxy groups -OCH3 is 1. The molecule has 0 saturated heterocycles. The van der Waals surface area contributed by atoms with E-state index in [4.69, 9.17) is 4.74 Å². The largest absolute Gasteiger partial charge is 0.384 e. The van der Waals surface area contributed by atoms with Gasteiger partial charge in [0.05, 0.1) is 12.3 Å². The fraction of sp³-hybridized carbons (Fsp3) is 0.154. The van der Waals surface area contributed by atoms with Crippen molar-refractivity contribution in [1.82, 2.24) is 0 Å². The summed E-state index contributed by atoms with van der Waals surface area (Å²) in [5.41, 5.74) is 4.77. The Morgan fingerprint density at radius 3 is 2.11 bits per heavy atom. The fourth-order valence-electron chi connectivity index (χ4n) is 3.71. The number of nitrogens with zero attached hydrogens (tertiary/aromatic N) is 1. The highest BCUT2D eigenvalue weighted by Gasteiger charge is 2.15. The highest BCUT2D eigenvalue weighted by molar-refractivity contribution is 5.98. The van der Waals surface area contributed by atoms with E-state index in [0.29, 0.717) is 5.92 Å². The van der Waals surface area contributed by atoms with Crippen molar-refractivity contribution >= 4 is 27.8 Å². The molecule has 140 valence electrons. The summed E-state index contributed by atoms with van der Waals surface area (Å²) < 4.78 is 5.31. The maximum Gasteiger partial charge on any atom is 0.0540 e. The van der Waals surface area contributed by atoms with Crippen LogP contribution in [0.3, 0.4) is 0 Å². The molecule has 0 aliphatic rings. The van der Waals surface area contributed by atoms with Crippen molar-refractivity contribution in [1.29, 1.82) is 0 Å². The second-order valence-electron chi connectivity index (χ2n) is 7.12. The minimum absolute atomic E-state index is 0.377. The number of anilines is 3. The number of hydrogen-bond donors (Lipinski definition) is 0. The number of para-hydroxylation sites is 1. The Morgan fingerprint density at radius 1 is 0.714 bits per heavy atom. The summed E-state index contributed by atoms with van der Waals surface area (Å²) >= 11 is 0. The molecule has 0 aromatic heterocycles. The van der Waals surface area contributed by atoms with Crippen LogP contribution < -0.4 is 4.90 Å². The van der Waals surface area contributed by atoms with Crippen molar-refractivity contribution in [3.05, 3.63) is 103 Å². The van der Waals surface area contributed by atoms with Gasteiger partial charge in [0.1, 0.15) is 0 Å². The second-order valence-corrected chi connectivity index (χ2v) is 7.12. The summed E-state index contributed by atoms with van der Waals surface area (Å²) in [6, 6.07) is 34.4. The summed E-state index contributed by atoms with van der Waals surface area (Å²) in [6.45, 7) is 2.92. The molecule has 4 aromatic carbocycles. The van der Waals surface area contributed by atoms with Gasteiger partial charge < -0.3 is 9.64 Å². The molecule has 0 N–H and O–H groups in total. The van der Waals surface area contributed by atoms with Crippen LogP contribution >= 0.6 is 0 Å². The molecule has 4 rings (SSSR count). The first-order valence-electron chi connectivity index (χ1n) is 9.70. The van der Waals surface area contributed by atoms with Crippen molar-refractivity contribution < 1.29 is 4.74 Å². The van der Waals surface area contributed by atoms with Gasteiger partial charge in [-0.15, -0.1) is 0 Å². The SMILES string of the molecule is COCC(C)c1ccc(N(c2ccccc2)c2cccc3ccccc23)cc1. The monoisotopic (exact) mass is 367 g/mol. The lowest BCUT2D eigenvalue weighted by Gasteiger charge is -2.27. The van der Waals surface area contributed by atoms with Crippen LogP contribution in [0.5, 0.6) is 0 Å². The molecule has 1 unspecified atom stereocenters. The van der Waals surface area contributed by atoms with E-state index in [0.717, 1.165) is 18.0 Å². The third-order valence-corrected chi connectivity index (χ3v) is 5.16. The van der Waals surface area contributed by atoms with Crippen LogP contribution in [0, 0.1) is 0 Å². The topological polar surface area (TPSA) is 12.5 Å². The lowest BCUT2D eigenvalue weighted by atomic mass is 10.0. The molecule has 2 heteroatoms. The van der Waals surface area contributed by atoms with Gasteiger partial charge in [0, 0.05) is 29.8 Å². The second kappa shape index (κ2) is 8.28. The summed E-state index contributed by atoms with van der Waals surface area (Å²) in [5, 5.41) is 2.48. The Bertz CT molecular complexity index is 1040. The quantitative estimate of drug-likeness (QED) is 0.362.